The van der Waals surface area contributed by atoms with Gasteiger partial charge in [0.25, 0.3) is 0 Å². The van der Waals surface area contributed by atoms with E-state index in [9.17, 15) is 14.4 Å². The molecule has 35 heavy (non-hydrogen) atoms. The van der Waals surface area contributed by atoms with Crippen LogP contribution in [0.1, 0.15) is 76.5 Å². The van der Waals surface area contributed by atoms with Crippen molar-refractivity contribution in [2.45, 2.75) is 95.3 Å². The Balaban J connectivity index is 1.62. The number of carbonyl (C=O) groups is 3. The smallest absolute Gasteiger partial charge is 0.246 e. The van der Waals surface area contributed by atoms with E-state index in [0.717, 1.165) is 44.3 Å². The first-order chi connectivity index (χ1) is 16.8. The van der Waals surface area contributed by atoms with Crippen molar-refractivity contribution in [2.24, 2.45) is 5.41 Å². The molecule has 3 aliphatic rings. The summed E-state index contributed by atoms with van der Waals surface area (Å²) in [5.74, 6) is 0.414. The fourth-order valence-corrected chi connectivity index (χ4v) is 7.58. The fraction of sp³-hybridized carbons (Fsp3) is 0.667. The molecule has 2 fully saturated rings. The van der Waals surface area contributed by atoms with Gasteiger partial charge in [0, 0.05) is 5.41 Å². The molecule has 0 saturated carbocycles. The van der Waals surface area contributed by atoms with E-state index in [0.29, 0.717) is 6.42 Å². The minimum atomic E-state index is -0.606. The van der Waals surface area contributed by atoms with Gasteiger partial charge in [-0.1, -0.05) is 38.1 Å². The van der Waals surface area contributed by atoms with Gasteiger partial charge in [-0.25, -0.2) is 0 Å². The number of hydrogen-bond acceptors (Lipinski definition) is 5. The van der Waals surface area contributed by atoms with Gasteiger partial charge in [0.1, 0.15) is 12.1 Å². The van der Waals surface area contributed by atoms with Gasteiger partial charge in [0.05, 0.1) is 17.5 Å². The Hall–Kier alpha value is -2.06. The summed E-state index contributed by atoms with van der Waals surface area (Å²) in [6.07, 6.45) is 6.04. The zero-order valence-electron chi connectivity index (χ0n) is 21.4. The van der Waals surface area contributed by atoms with E-state index in [-0.39, 0.29) is 40.6 Å². The zero-order valence-corrected chi connectivity index (χ0v) is 22.2. The van der Waals surface area contributed by atoms with Gasteiger partial charge in [0.15, 0.2) is 0 Å². The molecule has 2 saturated heterocycles. The topological polar surface area (TPSA) is 90.5 Å². The molecule has 3 amide bonds. The molecule has 4 rings (SSSR count). The highest BCUT2D eigenvalue weighted by molar-refractivity contribution is 7.99. The number of aryl methyl sites for hydroxylation is 1. The highest BCUT2D eigenvalue weighted by Gasteiger charge is 2.57. The monoisotopic (exact) mass is 500 g/mol. The molecule has 192 valence electrons. The largest absolute Gasteiger partial charge is 0.347 e. The van der Waals surface area contributed by atoms with E-state index < -0.39 is 12.1 Å². The van der Waals surface area contributed by atoms with Gasteiger partial charge in [-0.05, 0) is 75.8 Å². The summed E-state index contributed by atoms with van der Waals surface area (Å²) in [6, 6.07) is 6.80. The third-order valence-electron chi connectivity index (χ3n) is 8.50. The maximum absolute atomic E-state index is 14.0. The number of carbonyl (C=O) groups excluding carboxylic acids is 3. The van der Waals surface area contributed by atoms with Gasteiger partial charge >= 0.3 is 0 Å². The molecule has 7 nitrogen and oxygen atoms in total. The first-order valence-electron chi connectivity index (χ1n) is 13.1. The van der Waals surface area contributed by atoms with Gasteiger partial charge < -0.3 is 20.9 Å². The quantitative estimate of drug-likeness (QED) is 0.535. The number of hydrogen-bond donors (Lipinski definition) is 3. The minimum absolute atomic E-state index is 0.0281. The molecule has 0 spiro atoms. The summed E-state index contributed by atoms with van der Waals surface area (Å²) in [5, 5.41) is 9.20. The average Bonchev–Trinajstić information content (AvgIpc) is 3.14. The second-order valence-corrected chi connectivity index (χ2v) is 11.5. The predicted molar refractivity (Wildman–Crippen MR) is 140 cm³/mol. The third-order valence-corrected chi connectivity index (χ3v) is 9.75. The number of thioether (sulfide) groups is 1. The van der Waals surface area contributed by atoms with Crippen LogP contribution in [0.15, 0.2) is 24.3 Å². The first-order valence-corrected chi connectivity index (χ1v) is 14.2. The molecule has 0 bridgehead atoms. The molecule has 5 atom stereocenters. The molecule has 1 aromatic rings. The second kappa shape index (κ2) is 10.9. The highest BCUT2D eigenvalue weighted by Crippen LogP contribution is 2.50. The predicted octanol–water partition coefficient (Wildman–Crippen LogP) is 3.14. The Morgan fingerprint density at radius 3 is 2.60 bits per heavy atom. The fourth-order valence-electron chi connectivity index (χ4n) is 6.10. The van der Waals surface area contributed by atoms with Gasteiger partial charge in [-0.3, -0.25) is 14.4 Å². The van der Waals surface area contributed by atoms with Crippen molar-refractivity contribution in [3.05, 3.63) is 35.4 Å². The number of likely N-dealkylation sites (N-methyl/N-ethyl adjacent to an activating group) is 1. The van der Waals surface area contributed by atoms with Gasteiger partial charge in [0.2, 0.25) is 17.7 Å². The second-order valence-electron chi connectivity index (χ2n) is 10.3. The lowest BCUT2D eigenvalue weighted by Crippen LogP contribution is -2.58. The molecule has 0 aromatic heterocycles. The Morgan fingerprint density at radius 1 is 1.14 bits per heavy atom. The van der Waals surface area contributed by atoms with Crippen LogP contribution in [0, 0.1) is 5.41 Å². The van der Waals surface area contributed by atoms with Crippen LogP contribution >= 0.6 is 11.8 Å². The molecule has 0 radical (unpaired) electrons. The summed E-state index contributed by atoms with van der Waals surface area (Å²) in [5.41, 5.74) is 2.23. The summed E-state index contributed by atoms with van der Waals surface area (Å²) >= 11 is 1.75. The van der Waals surface area contributed by atoms with Crippen molar-refractivity contribution in [3.8, 4) is 0 Å². The maximum atomic E-state index is 14.0. The molecule has 2 aliphatic heterocycles. The van der Waals surface area contributed by atoms with Crippen LogP contribution in [0.5, 0.6) is 0 Å². The molecule has 2 heterocycles. The zero-order chi connectivity index (χ0) is 25.2. The number of fused-ring (bicyclic) bond motifs is 2. The van der Waals surface area contributed by atoms with Crippen molar-refractivity contribution in [1.29, 1.82) is 0 Å². The van der Waals surface area contributed by atoms with E-state index in [1.165, 1.54) is 11.1 Å². The average molecular weight is 501 g/mol. The lowest BCUT2D eigenvalue weighted by molar-refractivity contribution is -0.144. The van der Waals surface area contributed by atoms with Crippen molar-refractivity contribution in [1.82, 2.24) is 20.9 Å². The summed E-state index contributed by atoms with van der Waals surface area (Å²) in [6.45, 7) is 6.05. The Morgan fingerprint density at radius 2 is 1.89 bits per heavy atom. The van der Waals surface area contributed by atoms with E-state index in [4.69, 9.17) is 0 Å². The molecular formula is C27H40N4O3S. The Bertz CT molecular complexity index is 950. The summed E-state index contributed by atoms with van der Waals surface area (Å²) in [4.78, 5) is 42.4. The van der Waals surface area contributed by atoms with Crippen LogP contribution in [-0.2, 0) is 20.8 Å². The van der Waals surface area contributed by atoms with E-state index >= 15 is 0 Å². The van der Waals surface area contributed by atoms with Crippen molar-refractivity contribution in [3.63, 3.8) is 0 Å². The minimum Gasteiger partial charge on any atom is -0.347 e. The van der Waals surface area contributed by atoms with Gasteiger partial charge in [-0.15, -0.1) is 11.8 Å². The van der Waals surface area contributed by atoms with E-state index in [1.807, 2.05) is 11.0 Å². The lowest BCUT2D eigenvalue weighted by Gasteiger charge is -2.38. The maximum Gasteiger partial charge on any atom is 0.246 e. The van der Waals surface area contributed by atoms with Crippen molar-refractivity contribution < 1.29 is 14.4 Å². The Kier molecular flexibility index (Phi) is 8.11. The van der Waals surface area contributed by atoms with Crippen molar-refractivity contribution >= 4 is 29.5 Å². The van der Waals surface area contributed by atoms with E-state index in [2.05, 4.69) is 48.0 Å². The summed E-state index contributed by atoms with van der Waals surface area (Å²) < 4.78 is 0. The molecule has 8 heteroatoms. The normalized spacial score (nSPS) is 28.5. The van der Waals surface area contributed by atoms with Gasteiger partial charge in [-0.2, -0.15) is 0 Å². The standard InChI is InChI=1S/C27H40N4O3S/c1-5-27(6-2)16-22-31(26(34)21(14-15-35-22)30-24(32)17(3)28-4)23(27)25(33)29-20-13-9-11-18-10-7-8-12-19(18)20/h7-8,10,12,17,20-23,28H,5-6,9,11,13-16H2,1-4H3,(H,29,33)(H,30,32)/t17-,20+,21-,22-,23+/m0/s1. The molecule has 1 aromatic carbocycles. The number of nitrogens with zero attached hydrogens (tertiary/aromatic N) is 1. The number of amides is 3. The lowest BCUT2D eigenvalue weighted by atomic mass is 9.74. The first kappa shape index (κ1) is 26.0. The van der Waals surface area contributed by atoms with Crippen molar-refractivity contribution in [2.75, 3.05) is 12.8 Å². The van der Waals surface area contributed by atoms with Crippen LogP contribution in [0.25, 0.3) is 0 Å². The highest BCUT2D eigenvalue weighted by atomic mass is 32.2. The van der Waals surface area contributed by atoms with Crippen LogP contribution in [0.3, 0.4) is 0 Å². The molecular weight excluding hydrogens is 460 g/mol. The molecule has 1 aliphatic carbocycles. The SMILES string of the molecule is CCC1(CC)C[C@@H]2SCC[C@H](NC(=O)[C@H](C)NC)C(=O)N2[C@@H]1C(=O)N[C@@H]1CCCc2ccccc21. The van der Waals surface area contributed by atoms with Crippen LogP contribution in [0.4, 0.5) is 0 Å². The number of benzene rings is 1. The molecule has 3 N–H and O–H groups in total. The van der Waals surface area contributed by atoms with Crippen LogP contribution < -0.4 is 16.0 Å². The van der Waals surface area contributed by atoms with E-state index in [1.54, 1.807) is 25.7 Å². The van der Waals surface area contributed by atoms with Crippen LogP contribution in [0.2, 0.25) is 0 Å². The number of rotatable bonds is 7. The third kappa shape index (κ3) is 4.96. The number of nitrogens with one attached hydrogen (secondary N) is 3. The Labute approximate surface area is 213 Å². The van der Waals surface area contributed by atoms with Crippen LogP contribution in [-0.4, -0.2) is 58.9 Å². The summed E-state index contributed by atoms with van der Waals surface area (Å²) in [7, 11) is 1.73. The molecule has 0 unspecified atom stereocenters.